The largest absolute Gasteiger partial charge is 0.456 e. The summed E-state index contributed by atoms with van der Waals surface area (Å²) in [6, 6.07) is 25.4. The Hall–Kier alpha value is -3.78. The molecule has 0 aliphatic carbocycles. The van der Waals surface area contributed by atoms with Gasteiger partial charge in [0.1, 0.15) is 24.2 Å². The van der Waals surface area contributed by atoms with E-state index in [-0.39, 0.29) is 6.61 Å². The van der Waals surface area contributed by atoms with Gasteiger partial charge in [-0.3, -0.25) is 5.32 Å². The number of anilines is 1. The number of nitrogens with one attached hydrogen (secondary N) is 1. The second-order valence-electron chi connectivity index (χ2n) is 5.42. The van der Waals surface area contributed by atoms with Crippen molar-refractivity contribution < 1.29 is 14.3 Å². The fourth-order valence-corrected chi connectivity index (χ4v) is 2.26. The number of hydrogen-bond donors (Lipinski definition) is 1. The number of carbonyl (C=O) groups is 1. The monoisotopic (exact) mass is 344 g/mol. The van der Waals surface area contributed by atoms with Crippen molar-refractivity contribution in [1.82, 2.24) is 0 Å². The third kappa shape index (κ3) is 4.62. The van der Waals surface area contributed by atoms with Crippen LogP contribution in [0.5, 0.6) is 11.5 Å². The van der Waals surface area contributed by atoms with Crippen molar-refractivity contribution in [1.29, 1.82) is 5.26 Å². The molecule has 0 fully saturated rings. The summed E-state index contributed by atoms with van der Waals surface area (Å²) in [5, 5.41) is 11.7. The van der Waals surface area contributed by atoms with Crippen molar-refractivity contribution in [2.75, 3.05) is 5.32 Å². The molecule has 0 aliphatic rings. The molecule has 0 unspecified atom stereocenters. The predicted octanol–water partition coefficient (Wildman–Crippen LogP) is 5.10. The van der Waals surface area contributed by atoms with E-state index in [9.17, 15) is 4.79 Å². The first-order valence-electron chi connectivity index (χ1n) is 7.99. The first-order chi connectivity index (χ1) is 12.7. The van der Waals surface area contributed by atoms with Crippen LogP contribution in [-0.2, 0) is 11.3 Å². The molecular formula is C21H16N2O3. The molecule has 0 heterocycles. The van der Waals surface area contributed by atoms with Gasteiger partial charge in [0.15, 0.2) is 0 Å². The van der Waals surface area contributed by atoms with E-state index < -0.39 is 6.09 Å². The normalized spacial score (nSPS) is 9.81. The van der Waals surface area contributed by atoms with Crippen LogP contribution in [0, 0.1) is 11.3 Å². The molecule has 3 rings (SSSR count). The summed E-state index contributed by atoms with van der Waals surface area (Å²) in [5.41, 5.74) is 1.96. The highest BCUT2D eigenvalue weighted by Crippen LogP contribution is 2.25. The molecular weight excluding hydrogens is 328 g/mol. The number of ether oxygens (including phenoxy) is 2. The Balaban J connectivity index is 1.56. The maximum atomic E-state index is 11.8. The number of hydrogen-bond acceptors (Lipinski definition) is 4. The average molecular weight is 344 g/mol. The van der Waals surface area contributed by atoms with Gasteiger partial charge in [-0.05, 0) is 42.0 Å². The van der Waals surface area contributed by atoms with Gasteiger partial charge in [0.05, 0.1) is 5.56 Å². The van der Waals surface area contributed by atoms with E-state index in [2.05, 4.69) is 11.4 Å². The van der Waals surface area contributed by atoms with Crippen LogP contribution in [0.3, 0.4) is 0 Å². The Bertz CT molecular complexity index is 916. The van der Waals surface area contributed by atoms with Crippen molar-refractivity contribution in [2.45, 2.75) is 6.61 Å². The molecule has 128 valence electrons. The molecule has 3 aromatic rings. The van der Waals surface area contributed by atoms with Crippen molar-refractivity contribution in [2.24, 2.45) is 0 Å². The van der Waals surface area contributed by atoms with Crippen LogP contribution in [-0.4, -0.2) is 6.09 Å². The number of para-hydroxylation sites is 1. The van der Waals surface area contributed by atoms with Crippen LogP contribution in [0.2, 0.25) is 0 Å². The van der Waals surface area contributed by atoms with Gasteiger partial charge in [0.25, 0.3) is 0 Å². The standard InChI is InChI=1S/C21H16N2O3/c22-14-17-8-4-5-9-20(17)26-19-12-10-18(11-13-19)23-21(24)25-15-16-6-2-1-3-7-16/h1-13H,15H2,(H,23,24). The van der Waals surface area contributed by atoms with E-state index >= 15 is 0 Å². The lowest BCUT2D eigenvalue weighted by Crippen LogP contribution is -2.13. The summed E-state index contributed by atoms with van der Waals surface area (Å²) in [6.07, 6.45) is -0.530. The number of nitrogens with zero attached hydrogens (tertiary/aromatic N) is 1. The molecule has 1 N–H and O–H groups in total. The summed E-state index contributed by atoms with van der Waals surface area (Å²) >= 11 is 0. The number of nitriles is 1. The zero-order valence-corrected chi connectivity index (χ0v) is 13.9. The van der Waals surface area contributed by atoms with Crippen LogP contribution >= 0.6 is 0 Å². The molecule has 26 heavy (non-hydrogen) atoms. The van der Waals surface area contributed by atoms with Gasteiger partial charge in [-0.15, -0.1) is 0 Å². The number of amides is 1. The zero-order valence-electron chi connectivity index (χ0n) is 13.9. The Morgan fingerprint density at radius 3 is 2.35 bits per heavy atom. The lowest BCUT2D eigenvalue weighted by molar-refractivity contribution is 0.155. The average Bonchev–Trinajstić information content (AvgIpc) is 2.69. The fourth-order valence-electron chi connectivity index (χ4n) is 2.26. The smallest absolute Gasteiger partial charge is 0.411 e. The lowest BCUT2D eigenvalue weighted by atomic mass is 10.2. The quantitative estimate of drug-likeness (QED) is 0.699. The van der Waals surface area contributed by atoms with Crippen molar-refractivity contribution in [3.63, 3.8) is 0 Å². The first-order valence-corrected chi connectivity index (χ1v) is 7.99. The van der Waals surface area contributed by atoms with Crippen molar-refractivity contribution >= 4 is 11.8 Å². The summed E-state index contributed by atoms with van der Waals surface area (Å²) in [4.78, 5) is 11.8. The number of carbonyl (C=O) groups excluding carboxylic acids is 1. The Morgan fingerprint density at radius 2 is 1.62 bits per heavy atom. The molecule has 0 radical (unpaired) electrons. The summed E-state index contributed by atoms with van der Waals surface area (Å²) in [6.45, 7) is 0.207. The Morgan fingerprint density at radius 1 is 0.923 bits per heavy atom. The van der Waals surface area contributed by atoms with Gasteiger partial charge in [-0.25, -0.2) is 4.79 Å². The van der Waals surface area contributed by atoms with E-state index in [0.29, 0.717) is 22.7 Å². The molecule has 0 saturated heterocycles. The molecule has 0 bridgehead atoms. The van der Waals surface area contributed by atoms with E-state index in [1.807, 2.05) is 30.3 Å². The SMILES string of the molecule is N#Cc1ccccc1Oc1ccc(NC(=O)OCc2ccccc2)cc1. The second kappa shape index (κ2) is 8.36. The van der Waals surface area contributed by atoms with Gasteiger partial charge < -0.3 is 9.47 Å². The van der Waals surface area contributed by atoms with E-state index in [1.54, 1.807) is 48.5 Å². The molecule has 5 heteroatoms. The third-order valence-electron chi connectivity index (χ3n) is 3.55. The molecule has 1 amide bonds. The maximum absolute atomic E-state index is 11.8. The Labute approximate surface area is 151 Å². The highest BCUT2D eigenvalue weighted by atomic mass is 16.5. The molecule has 0 saturated carbocycles. The van der Waals surface area contributed by atoms with Gasteiger partial charge >= 0.3 is 6.09 Å². The highest BCUT2D eigenvalue weighted by Gasteiger charge is 2.06. The molecule has 5 nitrogen and oxygen atoms in total. The van der Waals surface area contributed by atoms with Crippen LogP contribution in [0.4, 0.5) is 10.5 Å². The zero-order chi connectivity index (χ0) is 18.2. The van der Waals surface area contributed by atoms with Gasteiger partial charge in [0.2, 0.25) is 0 Å². The van der Waals surface area contributed by atoms with E-state index in [1.165, 1.54) is 0 Å². The minimum atomic E-state index is -0.530. The molecule has 3 aromatic carbocycles. The van der Waals surface area contributed by atoms with Crippen molar-refractivity contribution in [3.05, 3.63) is 90.0 Å². The topological polar surface area (TPSA) is 71.3 Å². The highest BCUT2D eigenvalue weighted by molar-refractivity contribution is 5.84. The van der Waals surface area contributed by atoms with Gasteiger partial charge in [0, 0.05) is 5.69 Å². The third-order valence-corrected chi connectivity index (χ3v) is 3.55. The molecule has 0 spiro atoms. The fraction of sp³-hybridized carbons (Fsp3) is 0.0476. The van der Waals surface area contributed by atoms with Crippen molar-refractivity contribution in [3.8, 4) is 17.6 Å². The summed E-state index contributed by atoms with van der Waals surface area (Å²) in [7, 11) is 0. The predicted molar refractivity (Wildman–Crippen MR) is 97.9 cm³/mol. The number of rotatable bonds is 5. The lowest BCUT2D eigenvalue weighted by Gasteiger charge is -2.09. The molecule has 0 atom stereocenters. The molecule has 0 aromatic heterocycles. The minimum Gasteiger partial charge on any atom is -0.456 e. The maximum Gasteiger partial charge on any atom is 0.411 e. The van der Waals surface area contributed by atoms with Crippen LogP contribution in [0.1, 0.15) is 11.1 Å². The summed E-state index contributed by atoms with van der Waals surface area (Å²) < 4.78 is 10.9. The summed E-state index contributed by atoms with van der Waals surface area (Å²) in [5.74, 6) is 1.05. The van der Waals surface area contributed by atoms with E-state index in [0.717, 1.165) is 5.56 Å². The van der Waals surface area contributed by atoms with Crippen LogP contribution < -0.4 is 10.1 Å². The van der Waals surface area contributed by atoms with Crippen LogP contribution in [0.25, 0.3) is 0 Å². The van der Waals surface area contributed by atoms with Gasteiger partial charge in [-0.2, -0.15) is 5.26 Å². The van der Waals surface area contributed by atoms with E-state index in [4.69, 9.17) is 14.7 Å². The first kappa shape index (κ1) is 17.1. The second-order valence-corrected chi connectivity index (χ2v) is 5.42. The van der Waals surface area contributed by atoms with Crippen LogP contribution in [0.15, 0.2) is 78.9 Å². The Kier molecular flexibility index (Phi) is 5.48. The number of benzene rings is 3. The minimum absolute atomic E-state index is 0.207. The van der Waals surface area contributed by atoms with Gasteiger partial charge in [-0.1, -0.05) is 42.5 Å². The molecule has 0 aliphatic heterocycles.